The predicted molar refractivity (Wildman–Crippen MR) is 183 cm³/mol. The molecular formula is C34H39Cl2FN4O4S. The molecule has 2 amide bonds. The summed E-state index contributed by atoms with van der Waals surface area (Å²) < 4.78 is 28.5. The maximum Gasteiger partial charge on any atom is 0.415 e. The number of nitrogens with zero attached hydrogens (tertiary/aromatic N) is 4. The number of anilines is 1. The highest BCUT2D eigenvalue weighted by Gasteiger charge is 2.39. The van der Waals surface area contributed by atoms with Gasteiger partial charge in [0.25, 0.3) is 0 Å². The van der Waals surface area contributed by atoms with Crippen molar-refractivity contribution in [3.8, 4) is 17.2 Å². The SMILES string of the molecule is CSc1nc2c(F)c(-c3cccc(Cl)c3Cl)c(CCC#N)cc2c(N(C(=O)OC(C)(C)C)C2CCN(C(=O)OC(C)(C)C)C2)c1C. The van der Waals surface area contributed by atoms with E-state index in [0.717, 1.165) is 0 Å². The monoisotopic (exact) mass is 688 g/mol. The number of carbonyl (C=O) groups excluding carboxylic acids is 2. The summed E-state index contributed by atoms with van der Waals surface area (Å²) >= 11 is 14.2. The van der Waals surface area contributed by atoms with Gasteiger partial charge in [-0.05, 0) is 85.3 Å². The number of thioether (sulfide) groups is 1. The fourth-order valence-electron chi connectivity index (χ4n) is 5.53. The summed E-state index contributed by atoms with van der Waals surface area (Å²) in [6.07, 6.45) is 1.49. The quantitative estimate of drug-likeness (QED) is 0.238. The van der Waals surface area contributed by atoms with E-state index in [4.69, 9.17) is 37.7 Å². The van der Waals surface area contributed by atoms with Crippen molar-refractivity contribution in [2.24, 2.45) is 0 Å². The standard InChI is InChI=1S/C34H39Cl2FN4O4S/c1-19-29(41(32(43)45-34(5,6)7)21-14-16-40(18-21)31(42)44-33(2,3)4)23-17-20(11-10-15-38)25(22-12-9-13-24(35)26(22)36)27(37)28(23)39-30(19)46-8/h9,12-13,17,21H,10-11,14,16,18H2,1-8H3. The molecule has 1 atom stereocenters. The second-order valence-corrected chi connectivity index (χ2v) is 14.8. The van der Waals surface area contributed by atoms with Crippen LogP contribution in [0.5, 0.6) is 0 Å². The highest BCUT2D eigenvalue weighted by molar-refractivity contribution is 7.98. The van der Waals surface area contributed by atoms with Gasteiger partial charge in [0.1, 0.15) is 21.7 Å². The fourth-order valence-corrected chi connectivity index (χ4v) is 6.52. The Morgan fingerprint density at radius 2 is 1.85 bits per heavy atom. The number of benzene rings is 2. The van der Waals surface area contributed by atoms with Crippen molar-refractivity contribution in [1.29, 1.82) is 5.26 Å². The fraction of sp³-hybridized carbons (Fsp3) is 0.471. The van der Waals surface area contributed by atoms with Crippen LogP contribution in [0.15, 0.2) is 29.3 Å². The van der Waals surface area contributed by atoms with E-state index in [1.165, 1.54) is 16.7 Å². The van der Waals surface area contributed by atoms with Crippen molar-refractivity contribution in [1.82, 2.24) is 9.88 Å². The van der Waals surface area contributed by atoms with E-state index in [1.54, 1.807) is 70.7 Å². The maximum absolute atomic E-state index is 17.0. The van der Waals surface area contributed by atoms with E-state index in [-0.39, 0.29) is 40.5 Å². The van der Waals surface area contributed by atoms with Crippen molar-refractivity contribution in [3.05, 3.63) is 51.3 Å². The van der Waals surface area contributed by atoms with Crippen LogP contribution in [0, 0.1) is 24.1 Å². The van der Waals surface area contributed by atoms with Crippen LogP contribution in [0.3, 0.4) is 0 Å². The molecule has 1 aliphatic rings. The molecule has 1 aromatic heterocycles. The van der Waals surface area contributed by atoms with Crippen LogP contribution in [-0.2, 0) is 15.9 Å². The minimum Gasteiger partial charge on any atom is -0.444 e. The van der Waals surface area contributed by atoms with E-state index >= 15 is 4.39 Å². The van der Waals surface area contributed by atoms with E-state index in [0.29, 0.717) is 45.8 Å². The molecule has 8 nitrogen and oxygen atoms in total. The molecule has 2 aromatic carbocycles. The lowest BCUT2D eigenvalue weighted by atomic mass is 9.92. The molecule has 1 saturated heterocycles. The maximum atomic E-state index is 17.0. The Labute approximate surface area is 284 Å². The number of amides is 2. The molecule has 4 rings (SSSR count). The summed E-state index contributed by atoms with van der Waals surface area (Å²) in [6, 6.07) is 8.39. The minimum absolute atomic E-state index is 0.0345. The van der Waals surface area contributed by atoms with E-state index in [9.17, 15) is 14.9 Å². The first-order chi connectivity index (χ1) is 21.5. The molecule has 0 saturated carbocycles. The lowest BCUT2D eigenvalue weighted by molar-refractivity contribution is 0.0287. The molecule has 2 heterocycles. The highest BCUT2D eigenvalue weighted by atomic mass is 35.5. The smallest absolute Gasteiger partial charge is 0.415 e. The molecule has 246 valence electrons. The molecule has 3 aromatic rings. The normalized spacial score (nSPS) is 15.2. The molecule has 0 spiro atoms. The largest absolute Gasteiger partial charge is 0.444 e. The number of carbonyl (C=O) groups is 2. The average Bonchev–Trinajstić information content (AvgIpc) is 3.43. The number of likely N-dealkylation sites (tertiary alicyclic amines) is 1. The van der Waals surface area contributed by atoms with Gasteiger partial charge >= 0.3 is 12.2 Å². The number of ether oxygens (including phenoxy) is 2. The van der Waals surface area contributed by atoms with Gasteiger partial charge in [0.05, 0.1) is 27.8 Å². The zero-order valence-electron chi connectivity index (χ0n) is 27.4. The van der Waals surface area contributed by atoms with Crippen LogP contribution in [0.1, 0.15) is 65.5 Å². The van der Waals surface area contributed by atoms with E-state index in [1.807, 2.05) is 13.2 Å². The van der Waals surface area contributed by atoms with Gasteiger partial charge < -0.3 is 14.4 Å². The lowest BCUT2D eigenvalue weighted by Crippen LogP contribution is -2.46. The third-order valence-corrected chi connectivity index (χ3v) is 9.00. The third-order valence-electron chi connectivity index (χ3n) is 7.40. The van der Waals surface area contributed by atoms with Crippen LogP contribution in [-0.4, -0.2) is 58.7 Å². The van der Waals surface area contributed by atoms with E-state index in [2.05, 4.69) is 6.07 Å². The van der Waals surface area contributed by atoms with Crippen LogP contribution in [0.25, 0.3) is 22.0 Å². The first-order valence-corrected chi connectivity index (χ1v) is 17.0. The highest BCUT2D eigenvalue weighted by Crippen LogP contribution is 2.44. The second-order valence-electron chi connectivity index (χ2n) is 13.2. The summed E-state index contributed by atoms with van der Waals surface area (Å²) in [7, 11) is 0. The molecule has 1 aliphatic heterocycles. The zero-order valence-corrected chi connectivity index (χ0v) is 29.7. The van der Waals surface area contributed by atoms with Crippen molar-refractivity contribution in [2.45, 2.75) is 90.0 Å². The van der Waals surface area contributed by atoms with Gasteiger partial charge in [-0.25, -0.2) is 19.0 Å². The third kappa shape index (κ3) is 7.64. The van der Waals surface area contributed by atoms with Gasteiger partial charge in [-0.1, -0.05) is 35.3 Å². The van der Waals surface area contributed by atoms with Crippen LogP contribution < -0.4 is 4.90 Å². The Bertz CT molecular complexity index is 1710. The molecular weight excluding hydrogens is 650 g/mol. The Morgan fingerprint density at radius 3 is 2.46 bits per heavy atom. The number of pyridine rings is 1. The molecule has 0 aliphatic carbocycles. The van der Waals surface area contributed by atoms with Gasteiger partial charge in [0.15, 0.2) is 5.82 Å². The minimum atomic E-state index is -0.836. The van der Waals surface area contributed by atoms with Crippen molar-refractivity contribution in [2.75, 3.05) is 24.2 Å². The summed E-state index contributed by atoms with van der Waals surface area (Å²) in [5.74, 6) is -0.642. The predicted octanol–water partition coefficient (Wildman–Crippen LogP) is 9.59. The number of aromatic nitrogens is 1. The van der Waals surface area contributed by atoms with Gasteiger partial charge in [-0.15, -0.1) is 11.8 Å². The Morgan fingerprint density at radius 1 is 1.17 bits per heavy atom. The Kier molecular flexibility index (Phi) is 10.7. The van der Waals surface area contributed by atoms with Crippen molar-refractivity contribution < 1.29 is 23.5 Å². The zero-order chi connectivity index (χ0) is 34.1. The van der Waals surface area contributed by atoms with Crippen LogP contribution in [0.2, 0.25) is 10.0 Å². The lowest BCUT2D eigenvalue weighted by Gasteiger charge is -2.34. The Hall–Kier alpha value is -3.26. The Balaban J connectivity index is 2.01. The van der Waals surface area contributed by atoms with Crippen molar-refractivity contribution >= 4 is 63.7 Å². The van der Waals surface area contributed by atoms with Crippen LogP contribution in [0.4, 0.5) is 19.7 Å². The van der Waals surface area contributed by atoms with Gasteiger partial charge in [-0.3, -0.25) is 4.90 Å². The summed E-state index contributed by atoms with van der Waals surface area (Å²) in [6.45, 7) is 13.1. The first kappa shape index (κ1) is 35.6. The molecule has 1 fully saturated rings. The van der Waals surface area contributed by atoms with Crippen LogP contribution >= 0.6 is 35.0 Å². The molecule has 0 bridgehead atoms. The number of hydrogen-bond donors (Lipinski definition) is 0. The number of hydrogen-bond acceptors (Lipinski definition) is 7. The van der Waals surface area contributed by atoms with E-state index < -0.39 is 35.2 Å². The van der Waals surface area contributed by atoms with Gasteiger partial charge in [0, 0.05) is 41.6 Å². The molecule has 0 radical (unpaired) electrons. The van der Waals surface area contributed by atoms with Gasteiger partial charge in [0.2, 0.25) is 0 Å². The summed E-state index contributed by atoms with van der Waals surface area (Å²) in [5.41, 5.74) is 0.688. The number of halogens is 3. The number of rotatable bonds is 6. The molecule has 0 N–H and O–H groups in total. The molecule has 1 unspecified atom stereocenters. The topological polar surface area (TPSA) is 95.8 Å². The number of fused-ring (bicyclic) bond motifs is 1. The second kappa shape index (κ2) is 13.8. The first-order valence-electron chi connectivity index (χ1n) is 15.0. The summed E-state index contributed by atoms with van der Waals surface area (Å²) in [5, 5.41) is 10.8. The number of nitriles is 1. The summed E-state index contributed by atoms with van der Waals surface area (Å²) in [4.78, 5) is 35.0. The van der Waals surface area contributed by atoms with Gasteiger partial charge in [-0.2, -0.15) is 5.26 Å². The molecule has 12 heteroatoms. The molecule has 46 heavy (non-hydrogen) atoms. The van der Waals surface area contributed by atoms with Crippen molar-refractivity contribution in [3.63, 3.8) is 0 Å². The average molecular weight is 690 g/mol. The number of aryl methyl sites for hydroxylation is 1.